The standard InChI is InChI=1S/C27H29ClN4O/c1-30-13-15-31(16-14-30)26-4-2-3-21-11-12-32(19-25(21)26)27(33)17-24-10-7-22(18-29-24)20-5-8-23(28)9-6-20/h2-10,18H,11-17,19H2,1H3. The van der Waals surface area contributed by atoms with E-state index >= 15 is 0 Å². The number of piperazine rings is 1. The summed E-state index contributed by atoms with van der Waals surface area (Å²) in [5.41, 5.74) is 6.87. The number of pyridine rings is 1. The molecular formula is C27H29ClN4O. The Balaban J connectivity index is 1.27. The maximum Gasteiger partial charge on any atom is 0.228 e. The molecule has 0 aliphatic carbocycles. The molecule has 1 fully saturated rings. The number of carbonyl (C=O) groups excluding carboxylic acids is 1. The summed E-state index contributed by atoms with van der Waals surface area (Å²) < 4.78 is 0. The van der Waals surface area contributed by atoms with Crippen molar-refractivity contribution in [2.24, 2.45) is 0 Å². The van der Waals surface area contributed by atoms with Crippen LogP contribution in [0.1, 0.15) is 16.8 Å². The maximum absolute atomic E-state index is 13.2. The minimum atomic E-state index is 0.139. The molecule has 0 saturated carbocycles. The summed E-state index contributed by atoms with van der Waals surface area (Å²) in [7, 11) is 2.17. The molecule has 5 rings (SSSR count). The van der Waals surface area contributed by atoms with Crippen molar-refractivity contribution in [3.8, 4) is 11.1 Å². The van der Waals surface area contributed by atoms with Crippen molar-refractivity contribution in [3.63, 3.8) is 0 Å². The van der Waals surface area contributed by atoms with Crippen molar-refractivity contribution < 1.29 is 4.79 Å². The molecule has 3 heterocycles. The fraction of sp³-hybridized carbons (Fsp3) is 0.333. The van der Waals surface area contributed by atoms with Crippen molar-refractivity contribution in [3.05, 3.63) is 82.6 Å². The molecule has 33 heavy (non-hydrogen) atoms. The molecular weight excluding hydrogens is 432 g/mol. The number of halogens is 1. The molecule has 1 amide bonds. The van der Waals surface area contributed by atoms with E-state index < -0.39 is 0 Å². The van der Waals surface area contributed by atoms with Gasteiger partial charge < -0.3 is 14.7 Å². The average molecular weight is 461 g/mol. The molecule has 2 aromatic carbocycles. The topological polar surface area (TPSA) is 39.7 Å². The minimum Gasteiger partial charge on any atom is -0.369 e. The van der Waals surface area contributed by atoms with Gasteiger partial charge in [-0.15, -0.1) is 0 Å². The Labute approximate surface area is 200 Å². The molecule has 0 spiro atoms. The monoisotopic (exact) mass is 460 g/mol. The molecule has 0 unspecified atom stereocenters. The lowest BCUT2D eigenvalue weighted by Gasteiger charge is -2.38. The summed E-state index contributed by atoms with van der Waals surface area (Å²) >= 11 is 5.98. The fourth-order valence-corrected chi connectivity index (χ4v) is 4.85. The molecule has 2 aliphatic rings. The van der Waals surface area contributed by atoms with Crippen molar-refractivity contribution in [2.75, 3.05) is 44.7 Å². The van der Waals surface area contributed by atoms with Crippen LogP contribution in [0.2, 0.25) is 5.02 Å². The molecule has 2 aliphatic heterocycles. The van der Waals surface area contributed by atoms with Crippen molar-refractivity contribution in [1.82, 2.24) is 14.8 Å². The van der Waals surface area contributed by atoms with Crippen LogP contribution < -0.4 is 4.90 Å². The van der Waals surface area contributed by atoms with Crippen molar-refractivity contribution >= 4 is 23.2 Å². The van der Waals surface area contributed by atoms with E-state index in [0.29, 0.717) is 18.0 Å². The number of carbonyl (C=O) groups is 1. The third-order valence-corrected chi connectivity index (χ3v) is 7.03. The SMILES string of the molecule is CN1CCN(c2cccc3c2CN(C(=O)Cc2ccc(-c4ccc(Cl)cc4)cn2)CC3)CC1. The van der Waals surface area contributed by atoms with E-state index in [-0.39, 0.29) is 5.91 Å². The van der Waals surface area contributed by atoms with E-state index in [4.69, 9.17) is 11.6 Å². The zero-order chi connectivity index (χ0) is 22.8. The van der Waals surface area contributed by atoms with Gasteiger partial charge in [0.25, 0.3) is 0 Å². The van der Waals surface area contributed by atoms with Crippen LogP contribution in [0.4, 0.5) is 5.69 Å². The quantitative estimate of drug-likeness (QED) is 0.582. The second kappa shape index (κ2) is 9.54. The first-order valence-electron chi connectivity index (χ1n) is 11.6. The van der Waals surface area contributed by atoms with E-state index in [9.17, 15) is 4.79 Å². The van der Waals surface area contributed by atoms with Gasteiger partial charge in [0.2, 0.25) is 5.91 Å². The lowest BCUT2D eigenvalue weighted by Crippen LogP contribution is -2.45. The molecule has 0 radical (unpaired) electrons. The van der Waals surface area contributed by atoms with Crippen LogP contribution in [0, 0.1) is 0 Å². The van der Waals surface area contributed by atoms with E-state index in [1.165, 1.54) is 16.8 Å². The predicted molar refractivity (Wildman–Crippen MR) is 134 cm³/mol. The Bertz CT molecular complexity index is 1120. The number of hydrogen-bond donors (Lipinski definition) is 0. The van der Waals surface area contributed by atoms with Gasteiger partial charge in [0.05, 0.1) is 6.42 Å². The van der Waals surface area contributed by atoms with Crippen molar-refractivity contribution in [1.29, 1.82) is 0 Å². The number of amides is 1. The Hall–Kier alpha value is -2.89. The first kappa shape index (κ1) is 21.9. The Morgan fingerprint density at radius 3 is 2.42 bits per heavy atom. The summed E-state index contributed by atoms with van der Waals surface area (Å²) in [6.07, 6.45) is 3.07. The van der Waals surface area contributed by atoms with E-state index in [0.717, 1.165) is 56.0 Å². The van der Waals surface area contributed by atoms with Gasteiger partial charge in [0.15, 0.2) is 0 Å². The van der Waals surface area contributed by atoms with Crippen LogP contribution in [0.5, 0.6) is 0 Å². The summed E-state index contributed by atoms with van der Waals surface area (Å²) in [5, 5.41) is 0.716. The van der Waals surface area contributed by atoms with Gasteiger partial charge in [-0.25, -0.2) is 0 Å². The molecule has 1 aromatic heterocycles. The zero-order valence-corrected chi connectivity index (χ0v) is 19.8. The molecule has 0 bridgehead atoms. The third-order valence-electron chi connectivity index (χ3n) is 6.78. The number of likely N-dealkylation sites (N-methyl/N-ethyl adjacent to an activating group) is 1. The fourth-order valence-electron chi connectivity index (χ4n) is 4.73. The van der Waals surface area contributed by atoms with Crippen LogP contribution in [0.3, 0.4) is 0 Å². The number of anilines is 1. The van der Waals surface area contributed by atoms with Crippen LogP contribution in [0.25, 0.3) is 11.1 Å². The second-order valence-corrected chi connectivity index (χ2v) is 9.43. The normalized spacial score (nSPS) is 16.5. The molecule has 0 N–H and O–H groups in total. The number of aromatic nitrogens is 1. The number of benzene rings is 2. The lowest BCUT2D eigenvalue weighted by molar-refractivity contribution is -0.131. The number of hydrogen-bond acceptors (Lipinski definition) is 4. The van der Waals surface area contributed by atoms with E-state index in [1.807, 2.05) is 47.5 Å². The van der Waals surface area contributed by atoms with Crippen molar-refractivity contribution in [2.45, 2.75) is 19.4 Å². The highest BCUT2D eigenvalue weighted by molar-refractivity contribution is 6.30. The molecule has 170 valence electrons. The summed E-state index contributed by atoms with van der Waals surface area (Å²) in [6.45, 7) is 5.66. The zero-order valence-electron chi connectivity index (χ0n) is 19.0. The maximum atomic E-state index is 13.2. The minimum absolute atomic E-state index is 0.139. The van der Waals surface area contributed by atoms with E-state index in [2.05, 4.69) is 40.0 Å². The van der Waals surface area contributed by atoms with Crippen LogP contribution in [0.15, 0.2) is 60.8 Å². The van der Waals surface area contributed by atoms with Gasteiger partial charge in [-0.2, -0.15) is 0 Å². The molecule has 3 aromatic rings. The second-order valence-electron chi connectivity index (χ2n) is 8.99. The number of nitrogens with zero attached hydrogens (tertiary/aromatic N) is 4. The highest BCUT2D eigenvalue weighted by Crippen LogP contribution is 2.30. The smallest absolute Gasteiger partial charge is 0.228 e. The van der Waals surface area contributed by atoms with Crippen LogP contribution >= 0.6 is 11.6 Å². The van der Waals surface area contributed by atoms with Crippen LogP contribution in [-0.2, 0) is 24.2 Å². The van der Waals surface area contributed by atoms with E-state index in [1.54, 1.807) is 0 Å². The average Bonchev–Trinajstić information content (AvgIpc) is 2.85. The van der Waals surface area contributed by atoms with Gasteiger partial charge in [0.1, 0.15) is 0 Å². The number of fused-ring (bicyclic) bond motifs is 1. The number of rotatable bonds is 4. The highest BCUT2D eigenvalue weighted by atomic mass is 35.5. The molecule has 5 nitrogen and oxygen atoms in total. The lowest BCUT2D eigenvalue weighted by atomic mass is 9.96. The van der Waals surface area contributed by atoms with Gasteiger partial charge >= 0.3 is 0 Å². The summed E-state index contributed by atoms with van der Waals surface area (Å²) in [5.74, 6) is 0.139. The predicted octanol–water partition coefficient (Wildman–Crippen LogP) is 4.28. The van der Waals surface area contributed by atoms with Crippen LogP contribution in [-0.4, -0.2) is 60.5 Å². The third kappa shape index (κ3) is 4.90. The van der Waals surface area contributed by atoms with Gasteiger partial charge in [0, 0.05) is 67.4 Å². The van der Waals surface area contributed by atoms with Gasteiger partial charge in [-0.3, -0.25) is 9.78 Å². The van der Waals surface area contributed by atoms with Gasteiger partial charge in [-0.1, -0.05) is 41.9 Å². The molecule has 1 saturated heterocycles. The molecule has 0 atom stereocenters. The first-order valence-corrected chi connectivity index (χ1v) is 12.0. The molecule has 6 heteroatoms. The Morgan fingerprint density at radius 2 is 1.70 bits per heavy atom. The summed E-state index contributed by atoms with van der Waals surface area (Å²) in [4.78, 5) is 24.6. The Kier molecular flexibility index (Phi) is 6.34. The largest absolute Gasteiger partial charge is 0.369 e. The summed E-state index contributed by atoms with van der Waals surface area (Å²) in [6, 6.07) is 18.3. The Morgan fingerprint density at radius 1 is 0.939 bits per heavy atom. The highest BCUT2D eigenvalue weighted by Gasteiger charge is 2.25. The first-order chi connectivity index (χ1) is 16.1. The van der Waals surface area contributed by atoms with Gasteiger partial charge in [-0.05, 0) is 54.4 Å².